The molecule has 0 saturated carbocycles. The molecule has 0 amide bonds. The molecule has 4 nitrogen and oxygen atoms in total. The molecule has 1 N–H and O–H groups in total. The fourth-order valence-corrected chi connectivity index (χ4v) is 2.48. The molecule has 106 valence electrons. The minimum atomic E-state index is 0.243. The van der Waals surface area contributed by atoms with Crippen molar-refractivity contribution < 1.29 is 0 Å². The number of fused-ring (bicyclic) bond motifs is 1. The van der Waals surface area contributed by atoms with E-state index in [1.807, 2.05) is 30.3 Å². The number of hydrogen-bond donors (Lipinski definition) is 1. The standard InChI is InChI=1S/C16H15ClN4/c1-2-11-6-5-9-18-14(11)10-19-15-12-7-3-4-8-13(12)20-16(17)21-15/h3-9H,2,10H2,1H3,(H,19,20,21). The Morgan fingerprint density at radius 3 is 2.81 bits per heavy atom. The molecule has 0 spiro atoms. The maximum Gasteiger partial charge on any atom is 0.224 e. The first kappa shape index (κ1) is 13.8. The second-order valence-electron chi connectivity index (χ2n) is 4.67. The largest absolute Gasteiger partial charge is 0.364 e. The third-order valence-corrected chi connectivity index (χ3v) is 3.53. The van der Waals surface area contributed by atoms with Gasteiger partial charge in [-0.25, -0.2) is 9.97 Å². The predicted molar refractivity (Wildman–Crippen MR) is 85.5 cm³/mol. The number of aromatic nitrogens is 3. The van der Waals surface area contributed by atoms with Crippen LogP contribution in [0.3, 0.4) is 0 Å². The van der Waals surface area contributed by atoms with E-state index in [1.165, 1.54) is 5.56 Å². The minimum Gasteiger partial charge on any atom is -0.364 e. The molecule has 0 fully saturated rings. The van der Waals surface area contributed by atoms with Gasteiger partial charge in [-0.15, -0.1) is 0 Å². The Morgan fingerprint density at radius 1 is 1.10 bits per heavy atom. The Kier molecular flexibility index (Phi) is 3.97. The van der Waals surface area contributed by atoms with E-state index in [4.69, 9.17) is 11.6 Å². The molecule has 0 bridgehead atoms. The molecule has 0 atom stereocenters. The molecular formula is C16H15ClN4. The van der Waals surface area contributed by atoms with Crippen molar-refractivity contribution in [1.29, 1.82) is 0 Å². The third kappa shape index (κ3) is 2.95. The number of hydrogen-bond acceptors (Lipinski definition) is 4. The molecule has 0 aliphatic heterocycles. The lowest BCUT2D eigenvalue weighted by Crippen LogP contribution is -2.07. The van der Waals surface area contributed by atoms with E-state index in [9.17, 15) is 0 Å². The van der Waals surface area contributed by atoms with Crippen LogP contribution >= 0.6 is 11.6 Å². The normalized spacial score (nSPS) is 10.8. The monoisotopic (exact) mass is 298 g/mol. The molecule has 2 aromatic heterocycles. The summed E-state index contributed by atoms with van der Waals surface area (Å²) in [5.74, 6) is 0.735. The van der Waals surface area contributed by atoms with E-state index in [0.717, 1.165) is 28.8 Å². The van der Waals surface area contributed by atoms with Crippen molar-refractivity contribution >= 4 is 28.3 Å². The minimum absolute atomic E-state index is 0.243. The SMILES string of the molecule is CCc1cccnc1CNc1nc(Cl)nc2ccccc12. The molecule has 2 heterocycles. The molecule has 3 rings (SSSR count). The van der Waals surface area contributed by atoms with Gasteiger partial charge in [0.05, 0.1) is 17.8 Å². The highest BCUT2D eigenvalue weighted by Gasteiger charge is 2.07. The quantitative estimate of drug-likeness (QED) is 0.743. The molecule has 3 aromatic rings. The van der Waals surface area contributed by atoms with Crippen molar-refractivity contribution in [1.82, 2.24) is 15.0 Å². The van der Waals surface area contributed by atoms with Crippen LogP contribution in [-0.4, -0.2) is 15.0 Å². The van der Waals surface area contributed by atoms with Crippen molar-refractivity contribution in [2.75, 3.05) is 5.32 Å². The Hall–Kier alpha value is -2.20. The first-order chi connectivity index (χ1) is 10.3. The van der Waals surface area contributed by atoms with Crippen molar-refractivity contribution in [2.24, 2.45) is 0 Å². The summed E-state index contributed by atoms with van der Waals surface area (Å²) >= 11 is 5.99. The number of aryl methyl sites for hydroxylation is 1. The Labute approximate surface area is 128 Å². The van der Waals surface area contributed by atoms with Gasteiger partial charge >= 0.3 is 0 Å². The Morgan fingerprint density at radius 2 is 1.95 bits per heavy atom. The van der Waals surface area contributed by atoms with Gasteiger partial charge in [-0.05, 0) is 41.8 Å². The van der Waals surface area contributed by atoms with Crippen molar-refractivity contribution in [3.8, 4) is 0 Å². The number of rotatable bonds is 4. The van der Waals surface area contributed by atoms with Crippen LogP contribution < -0.4 is 5.32 Å². The number of nitrogens with zero attached hydrogens (tertiary/aromatic N) is 3. The summed E-state index contributed by atoms with van der Waals surface area (Å²) in [6.45, 7) is 2.73. The lowest BCUT2D eigenvalue weighted by atomic mass is 10.1. The summed E-state index contributed by atoms with van der Waals surface area (Å²) in [5, 5.41) is 4.52. The molecule has 1 aromatic carbocycles. The van der Waals surface area contributed by atoms with Gasteiger partial charge in [0, 0.05) is 11.6 Å². The summed E-state index contributed by atoms with van der Waals surface area (Å²) in [6.07, 6.45) is 2.76. The average molecular weight is 299 g/mol. The highest BCUT2D eigenvalue weighted by molar-refractivity contribution is 6.28. The van der Waals surface area contributed by atoms with Crippen LogP contribution in [0.15, 0.2) is 42.6 Å². The van der Waals surface area contributed by atoms with E-state index in [-0.39, 0.29) is 5.28 Å². The fraction of sp³-hybridized carbons (Fsp3) is 0.188. The summed E-state index contributed by atoms with van der Waals surface area (Å²) in [5.41, 5.74) is 3.09. The molecule has 0 radical (unpaired) electrons. The summed E-state index contributed by atoms with van der Waals surface area (Å²) in [4.78, 5) is 12.9. The highest BCUT2D eigenvalue weighted by atomic mass is 35.5. The first-order valence-electron chi connectivity index (χ1n) is 6.87. The maximum atomic E-state index is 5.99. The van der Waals surface area contributed by atoms with Gasteiger partial charge in [-0.1, -0.05) is 25.1 Å². The van der Waals surface area contributed by atoms with E-state index < -0.39 is 0 Å². The van der Waals surface area contributed by atoms with Crippen LogP contribution in [0.4, 0.5) is 5.82 Å². The average Bonchev–Trinajstić information content (AvgIpc) is 2.52. The first-order valence-corrected chi connectivity index (χ1v) is 7.24. The Balaban J connectivity index is 1.92. The van der Waals surface area contributed by atoms with Crippen LogP contribution in [0.25, 0.3) is 10.9 Å². The highest BCUT2D eigenvalue weighted by Crippen LogP contribution is 2.22. The lowest BCUT2D eigenvalue weighted by Gasteiger charge is -2.10. The number of para-hydroxylation sites is 1. The maximum absolute atomic E-state index is 5.99. The van der Waals surface area contributed by atoms with Crippen LogP contribution in [0, 0.1) is 0 Å². The second-order valence-corrected chi connectivity index (χ2v) is 5.01. The van der Waals surface area contributed by atoms with Gasteiger partial charge < -0.3 is 5.32 Å². The zero-order valence-electron chi connectivity index (χ0n) is 11.7. The smallest absolute Gasteiger partial charge is 0.224 e. The van der Waals surface area contributed by atoms with E-state index in [1.54, 1.807) is 6.20 Å². The lowest BCUT2D eigenvalue weighted by molar-refractivity contribution is 0.965. The Bertz CT molecular complexity index is 773. The van der Waals surface area contributed by atoms with Crippen LogP contribution in [-0.2, 0) is 13.0 Å². The third-order valence-electron chi connectivity index (χ3n) is 3.36. The predicted octanol–water partition coefficient (Wildman–Crippen LogP) is 3.85. The zero-order chi connectivity index (χ0) is 14.7. The van der Waals surface area contributed by atoms with Gasteiger partial charge in [0.1, 0.15) is 5.82 Å². The van der Waals surface area contributed by atoms with Crippen LogP contribution in [0.2, 0.25) is 5.28 Å². The van der Waals surface area contributed by atoms with Gasteiger partial charge in [-0.2, -0.15) is 0 Å². The van der Waals surface area contributed by atoms with Gasteiger partial charge in [0.15, 0.2) is 0 Å². The number of nitrogens with one attached hydrogen (secondary N) is 1. The molecular weight excluding hydrogens is 284 g/mol. The van der Waals surface area contributed by atoms with E-state index in [2.05, 4.69) is 33.3 Å². The second kappa shape index (κ2) is 6.06. The number of anilines is 1. The number of halogens is 1. The van der Waals surface area contributed by atoms with E-state index in [0.29, 0.717) is 6.54 Å². The van der Waals surface area contributed by atoms with Gasteiger partial charge in [-0.3, -0.25) is 4.98 Å². The summed E-state index contributed by atoms with van der Waals surface area (Å²) in [6, 6.07) is 11.8. The van der Waals surface area contributed by atoms with Crippen molar-refractivity contribution in [3.05, 3.63) is 59.1 Å². The molecule has 0 aliphatic rings. The van der Waals surface area contributed by atoms with Gasteiger partial charge in [0.2, 0.25) is 5.28 Å². The summed E-state index contributed by atoms with van der Waals surface area (Å²) in [7, 11) is 0. The van der Waals surface area contributed by atoms with Crippen molar-refractivity contribution in [3.63, 3.8) is 0 Å². The number of pyridine rings is 1. The topological polar surface area (TPSA) is 50.7 Å². The number of benzene rings is 1. The van der Waals surface area contributed by atoms with Crippen molar-refractivity contribution in [2.45, 2.75) is 19.9 Å². The molecule has 5 heteroatoms. The zero-order valence-corrected chi connectivity index (χ0v) is 12.4. The molecule has 0 unspecified atom stereocenters. The summed E-state index contributed by atoms with van der Waals surface area (Å²) < 4.78 is 0. The van der Waals surface area contributed by atoms with Gasteiger partial charge in [0.25, 0.3) is 0 Å². The van der Waals surface area contributed by atoms with E-state index >= 15 is 0 Å². The van der Waals surface area contributed by atoms with Crippen LogP contribution in [0.5, 0.6) is 0 Å². The van der Waals surface area contributed by atoms with Crippen LogP contribution in [0.1, 0.15) is 18.2 Å². The molecule has 21 heavy (non-hydrogen) atoms. The molecule has 0 saturated heterocycles. The fourth-order valence-electron chi connectivity index (χ4n) is 2.30. The molecule has 0 aliphatic carbocycles.